The van der Waals surface area contributed by atoms with Gasteiger partial charge >= 0.3 is 0 Å². The van der Waals surface area contributed by atoms with Crippen LogP contribution >= 0.6 is 0 Å². The molecule has 0 aliphatic rings. The lowest BCUT2D eigenvalue weighted by Gasteiger charge is -2.05. The molecule has 0 atom stereocenters. The van der Waals surface area contributed by atoms with Crippen molar-refractivity contribution >= 4 is 17.2 Å². The van der Waals surface area contributed by atoms with Gasteiger partial charge in [0.25, 0.3) is 0 Å². The van der Waals surface area contributed by atoms with Gasteiger partial charge in [0.1, 0.15) is 0 Å². The minimum atomic E-state index is 0.0357. The van der Waals surface area contributed by atoms with E-state index in [1.54, 1.807) is 6.20 Å². The van der Waals surface area contributed by atoms with E-state index in [-0.39, 0.29) is 5.91 Å². The van der Waals surface area contributed by atoms with Crippen LogP contribution in [-0.2, 0) is 4.79 Å². The summed E-state index contributed by atoms with van der Waals surface area (Å²) < 4.78 is 1.88. The van der Waals surface area contributed by atoms with Crippen LogP contribution < -0.4 is 5.32 Å². The molecule has 0 aliphatic heterocycles. The molecule has 0 unspecified atom stereocenters. The second kappa shape index (κ2) is 4.13. The predicted molar refractivity (Wildman–Crippen MR) is 58.7 cm³/mol. The lowest BCUT2D eigenvalue weighted by Crippen LogP contribution is -2.11. The largest absolute Gasteiger partial charge is 0.323 e. The van der Waals surface area contributed by atoms with Crippen molar-refractivity contribution in [2.75, 3.05) is 5.32 Å². The molecule has 2 heterocycles. The van der Waals surface area contributed by atoms with Gasteiger partial charge in [0, 0.05) is 25.0 Å². The van der Waals surface area contributed by atoms with Crippen molar-refractivity contribution in [3.63, 3.8) is 0 Å². The van der Waals surface area contributed by atoms with E-state index < -0.39 is 0 Å². The summed E-state index contributed by atoms with van der Waals surface area (Å²) in [6.07, 6.45) is 6.86. The molecule has 2 aromatic rings. The summed E-state index contributed by atoms with van der Waals surface area (Å²) in [4.78, 5) is 15.6. The Bertz CT molecular complexity index is 475. The number of carbonyl (C=O) groups is 1. The van der Waals surface area contributed by atoms with Gasteiger partial charge in [-0.3, -0.25) is 4.79 Å². The number of hydrogen-bond acceptors (Lipinski definition) is 2. The Hall–Kier alpha value is -1.84. The fraction of sp³-hybridized carbons (Fsp3) is 0.273. The predicted octanol–water partition coefficient (Wildman–Crippen LogP) is 2.07. The fourth-order valence-corrected chi connectivity index (χ4v) is 1.49. The Morgan fingerprint density at radius 3 is 3.20 bits per heavy atom. The highest BCUT2D eigenvalue weighted by Gasteiger charge is 2.05. The molecule has 1 N–H and O–H groups in total. The number of carbonyl (C=O) groups excluding carboxylic acids is 1. The van der Waals surface area contributed by atoms with Crippen LogP contribution in [0.1, 0.15) is 19.8 Å². The molecule has 2 rings (SSSR count). The molecule has 0 aromatic carbocycles. The van der Waals surface area contributed by atoms with Crippen LogP contribution in [0.25, 0.3) is 5.65 Å². The summed E-state index contributed by atoms with van der Waals surface area (Å²) in [5.41, 5.74) is 1.54. The topological polar surface area (TPSA) is 46.4 Å². The van der Waals surface area contributed by atoms with E-state index in [0.717, 1.165) is 17.8 Å². The maximum Gasteiger partial charge on any atom is 0.224 e. The van der Waals surface area contributed by atoms with Gasteiger partial charge in [-0.1, -0.05) is 6.92 Å². The van der Waals surface area contributed by atoms with E-state index in [4.69, 9.17) is 0 Å². The summed E-state index contributed by atoms with van der Waals surface area (Å²) in [6.45, 7) is 1.98. The van der Waals surface area contributed by atoms with Crippen molar-refractivity contribution in [3.05, 3.63) is 30.7 Å². The third-order valence-corrected chi connectivity index (χ3v) is 2.17. The maximum absolute atomic E-state index is 11.4. The van der Waals surface area contributed by atoms with Crippen LogP contribution in [0.4, 0.5) is 5.69 Å². The van der Waals surface area contributed by atoms with E-state index in [2.05, 4.69) is 10.3 Å². The van der Waals surface area contributed by atoms with Crippen LogP contribution in [0.2, 0.25) is 0 Å². The number of nitrogens with zero attached hydrogens (tertiary/aromatic N) is 2. The second-order valence-electron chi connectivity index (χ2n) is 3.38. The second-order valence-corrected chi connectivity index (χ2v) is 3.38. The number of hydrogen-bond donors (Lipinski definition) is 1. The van der Waals surface area contributed by atoms with Crippen molar-refractivity contribution < 1.29 is 4.79 Å². The molecule has 0 fully saturated rings. The summed E-state index contributed by atoms with van der Waals surface area (Å²) in [7, 11) is 0. The normalized spacial score (nSPS) is 10.5. The molecule has 4 heteroatoms. The Morgan fingerprint density at radius 1 is 1.53 bits per heavy atom. The summed E-state index contributed by atoms with van der Waals surface area (Å²) >= 11 is 0. The molecule has 0 aliphatic carbocycles. The Kier molecular flexibility index (Phi) is 2.67. The molecule has 15 heavy (non-hydrogen) atoms. The van der Waals surface area contributed by atoms with Crippen molar-refractivity contribution in [2.45, 2.75) is 19.8 Å². The van der Waals surface area contributed by atoms with Crippen molar-refractivity contribution in [3.8, 4) is 0 Å². The van der Waals surface area contributed by atoms with Gasteiger partial charge < -0.3 is 9.72 Å². The highest BCUT2D eigenvalue weighted by atomic mass is 16.1. The van der Waals surface area contributed by atoms with Gasteiger partial charge in [0.15, 0.2) is 5.65 Å². The maximum atomic E-state index is 11.4. The monoisotopic (exact) mass is 203 g/mol. The lowest BCUT2D eigenvalue weighted by molar-refractivity contribution is -0.116. The van der Waals surface area contributed by atoms with Gasteiger partial charge in [-0.15, -0.1) is 0 Å². The minimum Gasteiger partial charge on any atom is -0.323 e. The number of imidazole rings is 1. The first kappa shape index (κ1) is 9.71. The van der Waals surface area contributed by atoms with Gasteiger partial charge in [0.05, 0.1) is 5.69 Å². The number of fused-ring (bicyclic) bond motifs is 1. The zero-order valence-corrected chi connectivity index (χ0v) is 8.60. The van der Waals surface area contributed by atoms with Crippen LogP contribution in [0.5, 0.6) is 0 Å². The van der Waals surface area contributed by atoms with E-state index >= 15 is 0 Å². The molecule has 0 saturated carbocycles. The molecule has 78 valence electrons. The number of nitrogens with one attached hydrogen (secondary N) is 1. The summed E-state index contributed by atoms with van der Waals surface area (Å²) in [6, 6.07) is 3.74. The first-order valence-corrected chi connectivity index (χ1v) is 5.03. The highest BCUT2D eigenvalue weighted by Crippen LogP contribution is 2.14. The third-order valence-electron chi connectivity index (χ3n) is 2.17. The van der Waals surface area contributed by atoms with Gasteiger partial charge in [0.2, 0.25) is 5.91 Å². The van der Waals surface area contributed by atoms with Crippen LogP contribution in [0.15, 0.2) is 30.7 Å². The van der Waals surface area contributed by atoms with Crippen LogP contribution in [0.3, 0.4) is 0 Å². The first-order chi connectivity index (χ1) is 7.31. The zero-order valence-electron chi connectivity index (χ0n) is 8.60. The quantitative estimate of drug-likeness (QED) is 0.830. The smallest absolute Gasteiger partial charge is 0.224 e. The Morgan fingerprint density at radius 2 is 2.40 bits per heavy atom. The lowest BCUT2D eigenvalue weighted by atomic mass is 10.3. The van der Waals surface area contributed by atoms with Crippen molar-refractivity contribution in [2.24, 2.45) is 0 Å². The number of rotatable bonds is 3. The van der Waals surface area contributed by atoms with Gasteiger partial charge in [-0.05, 0) is 18.6 Å². The number of amides is 1. The average Bonchev–Trinajstić information content (AvgIpc) is 2.67. The van der Waals surface area contributed by atoms with Gasteiger partial charge in [-0.2, -0.15) is 0 Å². The van der Waals surface area contributed by atoms with Crippen LogP contribution in [-0.4, -0.2) is 15.3 Å². The molecule has 0 saturated heterocycles. The number of anilines is 1. The molecule has 0 spiro atoms. The molecular formula is C11H13N3O. The zero-order chi connectivity index (χ0) is 10.7. The van der Waals surface area contributed by atoms with E-state index in [1.807, 2.05) is 35.9 Å². The SMILES string of the molecule is CCCC(=O)Nc1cccn2ccnc12. The van der Waals surface area contributed by atoms with Crippen molar-refractivity contribution in [1.82, 2.24) is 9.38 Å². The standard InChI is InChI=1S/C11H13N3O/c1-2-4-10(15)13-9-5-3-7-14-8-6-12-11(9)14/h3,5-8H,2,4H2,1H3,(H,13,15). The average molecular weight is 203 g/mol. The molecule has 2 aromatic heterocycles. The van der Waals surface area contributed by atoms with E-state index in [9.17, 15) is 4.79 Å². The van der Waals surface area contributed by atoms with Gasteiger partial charge in [-0.25, -0.2) is 4.98 Å². The number of aromatic nitrogens is 2. The fourth-order valence-electron chi connectivity index (χ4n) is 1.49. The molecule has 0 radical (unpaired) electrons. The van der Waals surface area contributed by atoms with E-state index in [1.165, 1.54) is 0 Å². The van der Waals surface area contributed by atoms with Crippen LogP contribution in [0, 0.1) is 0 Å². The summed E-state index contributed by atoms with van der Waals surface area (Å²) in [5, 5.41) is 2.85. The first-order valence-electron chi connectivity index (χ1n) is 5.03. The molecule has 4 nitrogen and oxygen atoms in total. The van der Waals surface area contributed by atoms with Crippen molar-refractivity contribution in [1.29, 1.82) is 0 Å². The Balaban J connectivity index is 2.27. The molecule has 1 amide bonds. The molecular weight excluding hydrogens is 190 g/mol. The molecule has 0 bridgehead atoms. The highest BCUT2D eigenvalue weighted by molar-refractivity contribution is 5.94. The minimum absolute atomic E-state index is 0.0357. The van der Waals surface area contributed by atoms with E-state index in [0.29, 0.717) is 6.42 Å². The number of pyridine rings is 1. The summed E-state index contributed by atoms with van der Waals surface area (Å²) in [5.74, 6) is 0.0357. The Labute approximate surface area is 87.9 Å². The third kappa shape index (κ3) is 1.98.